The molecule has 2 rings (SSSR count). The van der Waals surface area contributed by atoms with E-state index in [0.717, 1.165) is 42.7 Å². The number of nitrogens with zero attached hydrogens (tertiary/aromatic N) is 2. The van der Waals surface area contributed by atoms with Crippen LogP contribution in [0.2, 0.25) is 0 Å². The van der Waals surface area contributed by atoms with Crippen molar-refractivity contribution in [1.29, 1.82) is 0 Å². The molecule has 1 fully saturated rings. The Labute approximate surface area is 87.7 Å². The Balaban J connectivity index is 1.79. The molecule has 78 valence electrons. The topological polar surface area (TPSA) is 47.0 Å². The first kappa shape index (κ1) is 9.86. The third-order valence-corrected chi connectivity index (χ3v) is 3.36. The van der Waals surface area contributed by atoms with Crippen molar-refractivity contribution in [3.63, 3.8) is 0 Å². The van der Waals surface area contributed by atoms with Crippen molar-refractivity contribution in [2.45, 2.75) is 19.8 Å². The van der Waals surface area contributed by atoms with Gasteiger partial charge in [0.15, 0.2) is 0 Å². The van der Waals surface area contributed by atoms with Crippen molar-refractivity contribution >= 4 is 16.5 Å². The number of aromatic nitrogens is 2. The van der Waals surface area contributed by atoms with E-state index in [1.807, 2.05) is 0 Å². The Morgan fingerprint density at radius 2 is 2.50 bits per heavy atom. The summed E-state index contributed by atoms with van der Waals surface area (Å²) in [5.74, 6) is 0.643. The predicted octanol–water partition coefficient (Wildman–Crippen LogP) is 1.55. The second-order valence-corrected chi connectivity index (χ2v) is 4.53. The van der Waals surface area contributed by atoms with E-state index in [9.17, 15) is 0 Å². The minimum Gasteiger partial charge on any atom is -0.381 e. The molecular formula is C9H15N3OS. The lowest BCUT2D eigenvalue weighted by molar-refractivity contribution is 0.187. The largest absolute Gasteiger partial charge is 0.381 e. The highest BCUT2D eigenvalue weighted by atomic mass is 32.1. The first-order chi connectivity index (χ1) is 6.88. The number of ether oxygens (including phenoxy) is 1. The number of hydrogen-bond acceptors (Lipinski definition) is 5. The second-order valence-electron chi connectivity index (χ2n) is 3.47. The summed E-state index contributed by atoms with van der Waals surface area (Å²) < 4.78 is 5.30. The average Bonchev–Trinajstić information content (AvgIpc) is 2.86. The monoisotopic (exact) mass is 213 g/mol. The zero-order chi connectivity index (χ0) is 9.80. The van der Waals surface area contributed by atoms with Gasteiger partial charge in [0.1, 0.15) is 5.01 Å². The summed E-state index contributed by atoms with van der Waals surface area (Å²) >= 11 is 1.64. The van der Waals surface area contributed by atoms with Crippen molar-refractivity contribution in [1.82, 2.24) is 10.2 Å². The van der Waals surface area contributed by atoms with E-state index in [4.69, 9.17) is 4.74 Å². The van der Waals surface area contributed by atoms with Crippen LogP contribution in [0.25, 0.3) is 0 Å². The van der Waals surface area contributed by atoms with Crippen molar-refractivity contribution in [2.75, 3.05) is 25.1 Å². The van der Waals surface area contributed by atoms with E-state index in [1.165, 1.54) is 0 Å². The highest BCUT2D eigenvalue weighted by Gasteiger charge is 2.15. The molecule has 1 unspecified atom stereocenters. The third kappa shape index (κ3) is 2.42. The Kier molecular flexibility index (Phi) is 3.31. The molecule has 1 atom stereocenters. The van der Waals surface area contributed by atoms with Gasteiger partial charge < -0.3 is 10.1 Å². The SMILES string of the molecule is CCc1nnc(NCC2CCOC2)s1. The summed E-state index contributed by atoms with van der Waals surface area (Å²) in [6.07, 6.45) is 2.12. The maximum Gasteiger partial charge on any atom is 0.205 e. The van der Waals surface area contributed by atoms with Gasteiger partial charge in [0.25, 0.3) is 0 Å². The van der Waals surface area contributed by atoms with Gasteiger partial charge in [-0.1, -0.05) is 18.3 Å². The summed E-state index contributed by atoms with van der Waals surface area (Å²) in [6, 6.07) is 0. The van der Waals surface area contributed by atoms with Gasteiger partial charge in [-0.15, -0.1) is 10.2 Å². The normalized spacial score (nSPS) is 21.4. The van der Waals surface area contributed by atoms with E-state index >= 15 is 0 Å². The molecule has 0 bridgehead atoms. The van der Waals surface area contributed by atoms with Crippen LogP contribution in [0.4, 0.5) is 5.13 Å². The number of hydrogen-bond donors (Lipinski definition) is 1. The standard InChI is InChI=1S/C9H15N3OS/c1-2-8-11-12-9(14-8)10-5-7-3-4-13-6-7/h7H,2-6H2,1H3,(H,10,12). The molecular weight excluding hydrogens is 198 g/mol. The number of aryl methyl sites for hydroxylation is 1. The smallest absolute Gasteiger partial charge is 0.205 e. The molecule has 0 saturated carbocycles. The van der Waals surface area contributed by atoms with Gasteiger partial charge in [0.05, 0.1) is 6.61 Å². The molecule has 5 heteroatoms. The minimum absolute atomic E-state index is 0.643. The molecule has 1 aromatic heterocycles. The Morgan fingerprint density at radius 1 is 1.57 bits per heavy atom. The zero-order valence-corrected chi connectivity index (χ0v) is 9.14. The number of nitrogens with one attached hydrogen (secondary N) is 1. The van der Waals surface area contributed by atoms with Crippen LogP contribution in [0.5, 0.6) is 0 Å². The van der Waals surface area contributed by atoms with Gasteiger partial charge in [-0.25, -0.2) is 0 Å². The van der Waals surface area contributed by atoms with Crippen molar-refractivity contribution in [3.05, 3.63) is 5.01 Å². The third-order valence-electron chi connectivity index (χ3n) is 2.34. The molecule has 0 aliphatic carbocycles. The molecule has 4 nitrogen and oxygen atoms in total. The van der Waals surface area contributed by atoms with Crippen molar-refractivity contribution < 1.29 is 4.74 Å². The van der Waals surface area contributed by atoms with Gasteiger partial charge in [0.2, 0.25) is 5.13 Å². The highest BCUT2D eigenvalue weighted by Crippen LogP contribution is 2.18. The Bertz CT molecular complexity index is 283. The lowest BCUT2D eigenvalue weighted by Gasteiger charge is -2.06. The quantitative estimate of drug-likeness (QED) is 0.824. The van der Waals surface area contributed by atoms with Crippen molar-refractivity contribution in [3.8, 4) is 0 Å². The Hall–Kier alpha value is -0.680. The molecule has 0 radical (unpaired) electrons. The summed E-state index contributed by atoms with van der Waals surface area (Å²) in [5, 5.41) is 13.5. The molecule has 1 N–H and O–H groups in total. The zero-order valence-electron chi connectivity index (χ0n) is 8.32. The predicted molar refractivity (Wildman–Crippen MR) is 56.7 cm³/mol. The van der Waals surface area contributed by atoms with Crippen LogP contribution in [-0.4, -0.2) is 30.0 Å². The van der Waals surface area contributed by atoms with Crippen molar-refractivity contribution in [2.24, 2.45) is 5.92 Å². The van der Waals surface area contributed by atoms with E-state index in [-0.39, 0.29) is 0 Å². The fraction of sp³-hybridized carbons (Fsp3) is 0.778. The molecule has 2 heterocycles. The molecule has 1 aliphatic heterocycles. The van der Waals surface area contributed by atoms with Crippen LogP contribution in [0, 0.1) is 5.92 Å². The molecule has 1 aliphatic rings. The first-order valence-corrected chi connectivity index (χ1v) is 5.84. The molecule has 0 aromatic carbocycles. The second kappa shape index (κ2) is 4.70. The highest BCUT2D eigenvalue weighted by molar-refractivity contribution is 7.15. The molecule has 1 aromatic rings. The van der Waals surface area contributed by atoms with E-state index < -0.39 is 0 Å². The fourth-order valence-electron chi connectivity index (χ4n) is 1.44. The van der Waals surface area contributed by atoms with E-state index in [1.54, 1.807) is 11.3 Å². The number of anilines is 1. The molecule has 0 amide bonds. The van der Waals surface area contributed by atoms with Crippen LogP contribution in [0.15, 0.2) is 0 Å². The lowest BCUT2D eigenvalue weighted by Crippen LogP contribution is -2.13. The summed E-state index contributed by atoms with van der Waals surface area (Å²) in [5.41, 5.74) is 0. The molecule has 0 spiro atoms. The van der Waals surface area contributed by atoms with Crippen LogP contribution in [0.3, 0.4) is 0 Å². The lowest BCUT2D eigenvalue weighted by atomic mass is 10.1. The van der Waals surface area contributed by atoms with Gasteiger partial charge in [-0.3, -0.25) is 0 Å². The summed E-state index contributed by atoms with van der Waals surface area (Å²) in [4.78, 5) is 0. The number of rotatable bonds is 4. The van der Waals surface area contributed by atoms with Crippen LogP contribution < -0.4 is 5.32 Å². The van der Waals surface area contributed by atoms with Gasteiger partial charge >= 0.3 is 0 Å². The van der Waals surface area contributed by atoms with Crippen LogP contribution >= 0.6 is 11.3 Å². The Morgan fingerprint density at radius 3 is 3.14 bits per heavy atom. The maximum absolute atomic E-state index is 5.30. The summed E-state index contributed by atoms with van der Waals surface area (Å²) in [6.45, 7) is 4.84. The summed E-state index contributed by atoms with van der Waals surface area (Å²) in [7, 11) is 0. The maximum atomic E-state index is 5.30. The molecule has 1 saturated heterocycles. The molecule has 14 heavy (non-hydrogen) atoms. The van der Waals surface area contributed by atoms with Gasteiger partial charge in [-0.2, -0.15) is 0 Å². The van der Waals surface area contributed by atoms with E-state index in [2.05, 4.69) is 22.4 Å². The average molecular weight is 213 g/mol. The van der Waals surface area contributed by atoms with E-state index in [0.29, 0.717) is 5.92 Å². The first-order valence-electron chi connectivity index (χ1n) is 5.02. The van der Waals surface area contributed by atoms with Crippen LogP contribution in [-0.2, 0) is 11.2 Å². The van der Waals surface area contributed by atoms with Gasteiger partial charge in [-0.05, 0) is 12.8 Å². The van der Waals surface area contributed by atoms with Crippen LogP contribution in [0.1, 0.15) is 18.4 Å². The minimum atomic E-state index is 0.643. The van der Waals surface area contributed by atoms with Gasteiger partial charge in [0, 0.05) is 19.1 Å². The fourth-order valence-corrected chi connectivity index (χ4v) is 2.13.